The summed E-state index contributed by atoms with van der Waals surface area (Å²) in [6.07, 6.45) is 7.00. The highest BCUT2D eigenvalue weighted by Gasteiger charge is 2.09. The third-order valence-corrected chi connectivity index (χ3v) is 2.60. The van der Waals surface area contributed by atoms with Gasteiger partial charge in [-0.1, -0.05) is 13.8 Å². The summed E-state index contributed by atoms with van der Waals surface area (Å²) in [4.78, 5) is 4.33. The molecule has 1 rings (SSSR count). The summed E-state index contributed by atoms with van der Waals surface area (Å²) in [6.45, 7) is 6.19. The highest BCUT2D eigenvalue weighted by atomic mass is 16.3. The van der Waals surface area contributed by atoms with Gasteiger partial charge in [-0.15, -0.1) is 0 Å². The molecular formula is C12H23N3O. The number of imidazole rings is 1. The number of aliphatic hydroxyl groups excluding tert-OH is 1. The molecule has 0 bridgehead atoms. The van der Waals surface area contributed by atoms with Gasteiger partial charge in [-0.25, -0.2) is 4.98 Å². The number of rotatable bonds is 8. The van der Waals surface area contributed by atoms with E-state index in [4.69, 9.17) is 0 Å². The Morgan fingerprint density at radius 3 is 2.88 bits per heavy atom. The van der Waals surface area contributed by atoms with Crippen molar-refractivity contribution in [3.63, 3.8) is 0 Å². The predicted octanol–water partition coefficient (Wildman–Crippen LogP) is 1.20. The van der Waals surface area contributed by atoms with Gasteiger partial charge in [0.15, 0.2) is 0 Å². The van der Waals surface area contributed by atoms with Crippen LogP contribution in [0.1, 0.15) is 32.5 Å². The fraction of sp³-hybridized carbons (Fsp3) is 0.750. The summed E-state index contributed by atoms with van der Waals surface area (Å²) in [6, 6.07) is 0.129. The predicted molar refractivity (Wildman–Crippen MR) is 65.4 cm³/mol. The fourth-order valence-electron chi connectivity index (χ4n) is 1.73. The lowest BCUT2D eigenvalue weighted by atomic mass is 10.2. The topological polar surface area (TPSA) is 50.1 Å². The van der Waals surface area contributed by atoms with Crippen molar-refractivity contribution < 1.29 is 5.11 Å². The Balaban J connectivity index is 2.51. The van der Waals surface area contributed by atoms with Gasteiger partial charge in [-0.05, 0) is 19.4 Å². The first-order chi connectivity index (χ1) is 7.81. The van der Waals surface area contributed by atoms with Crippen molar-refractivity contribution in [2.45, 2.75) is 45.7 Å². The zero-order valence-electron chi connectivity index (χ0n) is 10.3. The van der Waals surface area contributed by atoms with Gasteiger partial charge in [-0.2, -0.15) is 0 Å². The molecule has 0 saturated carbocycles. The second-order valence-corrected chi connectivity index (χ2v) is 4.08. The Morgan fingerprint density at radius 1 is 1.44 bits per heavy atom. The largest absolute Gasteiger partial charge is 0.395 e. The first kappa shape index (κ1) is 13.2. The van der Waals surface area contributed by atoms with Crippen molar-refractivity contribution in [2.75, 3.05) is 13.2 Å². The molecule has 0 amide bonds. The Morgan fingerprint density at radius 2 is 2.25 bits per heavy atom. The van der Waals surface area contributed by atoms with Crippen LogP contribution in [0, 0.1) is 0 Å². The van der Waals surface area contributed by atoms with Gasteiger partial charge >= 0.3 is 0 Å². The first-order valence-electron chi connectivity index (χ1n) is 6.16. The number of hydrogen-bond donors (Lipinski definition) is 2. The van der Waals surface area contributed by atoms with Gasteiger partial charge in [0, 0.05) is 31.4 Å². The van der Waals surface area contributed by atoms with E-state index < -0.39 is 0 Å². The summed E-state index contributed by atoms with van der Waals surface area (Å²) < 4.78 is 2.13. The van der Waals surface area contributed by atoms with E-state index in [9.17, 15) is 5.11 Å². The first-order valence-corrected chi connectivity index (χ1v) is 6.16. The molecule has 1 heterocycles. The van der Waals surface area contributed by atoms with Crippen molar-refractivity contribution >= 4 is 0 Å². The molecule has 0 aliphatic heterocycles. The summed E-state index contributed by atoms with van der Waals surface area (Å²) >= 11 is 0. The second kappa shape index (κ2) is 7.41. The van der Waals surface area contributed by atoms with Crippen molar-refractivity contribution in [1.82, 2.24) is 14.9 Å². The van der Waals surface area contributed by atoms with Gasteiger partial charge in [0.1, 0.15) is 5.82 Å². The van der Waals surface area contributed by atoms with Crippen LogP contribution in [-0.4, -0.2) is 33.9 Å². The number of aryl methyl sites for hydroxylation is 1. The molecule has 1 unspecified atom stereocenters. The standard InChI is InChI=1S/C12H23N3O/c1-3-5-12-14-7-8-15(12)9-11(10-16)13-6-4-2/h7-8,11,13,16H,3-6,9-10H2,1-2H3. The Kier molecular flexibility index (Phi) is 6.11. The van der Waals surface area contributed by atoms with Gasteiger partial charge in [0.25, 0.3) is 0 Å². The minimum absolute atomic E-state index is 0.129. The van der Waals surface area contributed by atoms with Crippen LogP contribution in [0.2, 0.25) is 0 Å². The number of nitrogens with one attached hydrogen (secondary N) is 1. The van der Waals surface area contributed by atoms with Crippen LogP contribution in [0.4, 0.5) is 0 Å². The van der Waals surface area contributed by atoms with E-state index in [1.165, 1.54) is 0 Å². The molecule has 4 heteroatoms. The Labute approximate surface area is 97.7 Å². The molecule has 1 atom stereocenters. The Bertz CT molecular complexity index is 286. The van der Waals surface area contributed by atoms with Gasteiger partial charge in [-0.3, -0.25) is 0 Å². The van der Waals surface area contributed by atoms with Crippen molar-refractivity contribution in [2.24, 2.45) is 0 Å². The minimum atomic E-state index is 0.129. The van der Waals surface area contributed by atoms with Crippen LogP contribution < -0.4 is 5.32 Å². The lowest BCUT2D eigenvalue weighted by molar-refractivity contribution is 0.228. The molecule has 4 nitrogen and oxygen atoms in total. The van der Waals surface area contributed by atoms with E-state index in [0.29, 0.717) is 0 Å². The van der Waals surface area contributed by atoms with E-state index in [2.05, 4.69) is 28.7 Å². The SMILES string of the molecule is CCCNC(CO)Cn1ccnc1CCC. The number of hydrogen-bond acceptors (Lipinski definition) is 3. The highest BCUT2D eigenvalue weighted by Crippen LogP contribution is 2.03. The van der Waals surface area contributed by atoms with Crippen LogP contribution in [0.15, 0.2) is 12.4 Å². The maximum absolute atomic E-state index is 9.28. The van der Waals surface area contributed by atoms with Gasteiger partial charge in [0.2, 0.25) is 0 Å². The molecule has 16 heavy (non-hydrogen) atoms. The van der Waals surface area contributed by atoms with E-state index in [1.54, 1.807) is 0 Å². The van der Waals surface area contributed by atoms with Crippen LogP contribution in [-0.2, 0) is 13.0 Å². The summed E-state index contributed by atoms with van der Waals surface area (Å²) in [7, 11) is 0. The molecule has 0 aliphatic carbocycles. The van der Waals surface area contributed by atoms with Crippen LogP contribution in [0.5, 0.6) is 0 Å². The molecule has 0 fully saturated rings. The molecule has 2 N–H and O–H groups in total. The summed E-state index contributed by atoms with van der Waals surface area (Å²) in [5.74, 6) is 1.11. The lowest BCUT2D eigenvalue weighted by Crippen LogP contribution is -2.37. The lowest BCUT2D eigenvalue weighted by Gasteiger charge is -2.17. The molecule has 0 radical (unpaired) electrons. The number of aliphatic hydroxyl groups is 1. The van der Waals surface area contributed by atoms with Crippen molar-refractivity contribution in [3.8, 4) is 0 Å². The number of nitrogens with zero attached hydrogens (tertiary/aromatic N) is 2. The molecule has 1 aromatic heterocycles. The normalized spacial score (nSPS) is 12.9. The average Bonchev–Trinajstić information content (AvgIpc) is 2.72. The second-order valence-electron chi connectivity index (χ2n) is 4.08. The van der Waals surface area contributed by atoms with E-state index in [1.807, 2.05) is 12.4 Å². The summed E-state index contributed by atoms with van der Waals surface area (Å²) in [5, 5.41) is 12.6. The monoisotopic (exact) mass is 225 g/mol. The molecule has 0 aliphatic rings. The van der Waals surface area contributed by atoms with Crippen LogP contribution >= 0.6 is 0 Å². The maximum Gasteiger partial charge on any atom is 0.108 e. The van der Waals surface area contributed by atoms with Crippen molar-refractivity contribution in [3.05, 3.63) is 18.2 Å². The molecule has 1 aromatic rings. The van der Waals surface area contributed by atoms with E-state index in [-0.39, 0.29) is 12.6 Å². The minimum Gasteiger partial charge on any atom is -0.395 e. The third-order valence-electron chi connectivity index (χ3n) is 2.60. The number of aromatic nitrogens is 2. The quantitative estimate of drug-likeness (QED) is 0.699. The van der Waals surface area contributed by atoms with Crippen LogP contribution in [0.25, 0.3) is 0 Å². The van der Waals surface area contributed by atoms with E-state index >= 15 is 0 Å². The highest BCUT2D eigenvalue weighted by molar-refractivity contribution is 4.93. The fourth-order valence-corrected chi connectivity index (χ4v) is 1.73. The van der Waals surface area contributed by atoms with Crippen LogP contribution in [0.3, 0.4) is 0 Å². The maximum atomic E-state index is 9.28. The average molecular weight is 225 g/mol. The zero-order chi connectivity index (χ0) is 11.8. The molecule has 0 saturated heterocycles. The Hall–Kier alpha value is -0.870. The molecular weight excluding hydrogens is 202 g/mol. The smallest absolute Gasteiger partial charge is 0.108 e. The third kappa shape index (κ3) is 3.94. The van der Waals surface area contributed by atoms with Gasteiger partial charge < -0.3 is 15.0 Å². The van der Waals surface area contributed by atoms with E-state index in [0.717, 1.165) is 38.2 Å². The van der Waals surface area contributed by atoms with Gasteiger partial charge in [0.05, 0.1) is 6.61 Å². The molecule has 0 aromatic carbocycles. The molecule has 92 valence electrons. The van der Waals surface area contributed by atoms with Crippen molar-refractivity contribution in [1.29, 1.82) is 0 Å². The summed E-state index contributed by atoms with van der Waals surface area (Å²) in [5.41, 5.74) is 0. The zero-order valence-corrected chi connectivity index (χ0v) is 10.3. The molecule has 0 spiro atoms.